The topological polar surface area (TPSA) is 6.48 Å². The van der Waals surface area contributed by atoms with Gasteiger partial charge in [0.1, 0.15) is 0 Å². The molecule has 2 aromatic rings. The van der Waals surface area contributed by atoms with Gasteiger partial charge in [-0.05, 0) is 0 Å². The zero-order valence-corrected chi connectivity index (χ0v) is 22.2. The van der Waals surface area contributed by atoms with Gasteiger partial charge in [-0.2, -0.15) is 0 Å². The van der Waals surface area contributed by atoms with Crippen molar-refractivity contribution in [3.8, 4) is 0 Å². The first kappa shape index (κ1) is 23.7. The molecule has 0 saturated heterocycles. The molecule has 0 bridgehead atoms. The van der Waals surface area contributed by atoms with E-state index >= 15 is 0 Å². The van der Waals surface area contributed by atoms with Crippen LogP contribution in [0.4, 0.5) is 0 Å². The fraction of sp³-hybridized carbons (Fsp3) is 0.500. The van der Waals surface area contributed by atoms with Gasteiger partial charge in [-0.25, -0.2) is 0 Å². The van der Waals surface area contributed by atoms with Gasteiger partial charge in [0.2, 0.25) is 0 Å². The van der Waals surface area contributed by atoms with Crippen LogP contribution in [0.1, 0.15) is 38.8 Å². The summed E-state index contributed by atoms with van der Waals surface area (Å²) in [5, 5.41) is 0. The van der Waals surface area contributed by atoms with E-state index in [-0.39, 0.29) is 10.8 Å². The molecule has 0 fully saturated rings. The fourth-order valence-electron chi connectivity index (χ4n) is 4.04. The van der Waals surface area contributed by atoms with E-state index in [0.29, 0.717) is 26.3 Å². The van der Waals surface area contributed by atoms with Gasteiger partial charge in [0, 0.05) is 0 Å². The molecule has 2 rings (SSSR count). The van der Waals surface area contributed by atoms with Gasteiger partial charge >= 0.3 is 184 Å². The van der Waals surface area contributed by atoms with Crippen molar-refractivity contribution < 1.29 is 0 Å². The van der Waals surface area contributed by atoms with Crippen LogP contribution in [0.5, 0.6) is 0 Å². The van der Waals surface area contributed by atoms with Gasteiger partial charge < -0.3 is 0 Å². The second-order valence-corrected chi connectivity index (χ2v) is 15.6. The van der Waals surface area contributed by atoms with Crippen molar-refractivity contribution in [2.75, 3.05) is 41.3 Å². The first-order chi connectivity index (χ1) is 13.0. The molecule has 0 aliphatic rings. The molecular weight excluding hydrogens is 474 g/mol. The van der Waals surface area contributed by atoms with Crippen molar-refractivity contribution in [1.29, 1.82) is 0 Å². The summed E-state index contributed by atoms with van der Waals surface area (Å²) >= 11 is 0.967. The molecule has 0 saturated carbocycles. The van der Waals surface area contributed by atoms with E-state index in [9.17, 15) is 0 Å². The molecule has 0 unspecified atom stereocenters. The van der Waals surface area contributed by atoms with Gasteiger partial charge in [0.25, 0.3) is 0 Å². The molecule has 0 atom stereocenters. The summed E-state index contributed by atoms with van der Waals surface area (Å²) in [5.74, 6) is 0. The zero-order valence-electron chi connectivity index (χ0n) is 18.7. The SMILES string of the molecule is CN(C)CC(C)(C)c1ccccc1[Se][Se]c1ccccc1C(C)(C)CN(C)C. The summed E-state index contributed by atoms with van der Waals surface area (Å²) in [6.45, 7) is 11.7. The van der Waals surface area contributed by atoms with Crippen molar-refractivity contribution in [3.05, 3.63) is 59.7 Å². The van der Waals surface area contributed by atoms with Crippen molar-refractivity contribution >= 4 is 35.2 Å². The average molecular weight is 510 g/mol. The van der Waals surface area contributed by atoms with Crippen molar-refractivity contribution in [3.63, 3.8) is 0 Å². The summed E-state index contributed by atoms with van der Waals surface area (Å²) in [4.78, 5) is 4.60. The number of benzene rings is 2. The van der Waals surface area contributed by atoms with E-state index in [1.54, 1.807) is 8.92 Å². The maximum absolute atomic E-state index is 2.38. The Hall–Kier alpha value is -0.601. The summed E-state index contributed by atoms with van der Waals surface area (Å²) in [6, 6.07) is 18.2. The normalized spacial score (nSPS) is 12.8. The first-order valence-corrected chi connectivity index (χ1v) is 15.9. The molecule has 154 valence electrons. The Morgan fingerprint density at radius 3 is 1.25 bits per heavy atom. The molecule has 0 radical (unpaired) electrons. The van der Waals surface area contributed by atoms with E-state index in [2.05, 4.69) is 114 Å². The summed E-state index contributed by atoms with van der Waals surface area (Å²) in [7, 11) is 8.68. The third-order valence-corrected chi connectivity index (χ3v) is 12.1. The third kappa shape index (κ3) is 6.45. The predicted molar refractivity (Wildman–Crippen MR) is 127 cm³/mol. The molecule has 0 amide bonds. The Morgan fingerprint density at radius 2 is 0.929 bits per heavy atom. The van der Waals surface area contributed by atoms with Gasteiger partial charge in [0.15, 0.2) is 0 Å². The molecule has 0 aliphatic carbocycles. The number of rotatable bonds is 9. The molecule has 0 N–H and O–H groups in total. The quantitative estimate of drug-likeness (QED) is 0.479. The van der Waals surface area contributed by atoms with Gasteiger partial charge in [-0.1, -0.05) is 0 Å². The second-order valence-electron chi connectivity index (χ2n) is 9.40. The molecule has 28 heavy (non-hydrogen) atoms. The Kier molecular flexibility index (Phi) is 8.40. The molecule has 0 aliphatic heterocycles. The van der Waals surface area contributed by atoms with Crippen LogP contribution < -0.4 is 8.92 Å². The molecule has 4 heteroatoms. The predicted octanol–water partition coefficient (Wildman–Crippen LogP) is 2.64. The van der Waals surface area contributed by atoms with E-state index in [4.69, 9.17) is 0 Å². The van der Waals surface area contributed by atoms with Crippen LogP contribution in [0.25, 0.3) is 0 Å². The third-order valence-electron chi connectivity index (χ3n) is 4.88. The van der Waals surface area contributed by atoms with Gasteiger partial charge in [-0.15, -0.1) is 0 Å². The van der Waals surface area contributed by atoms with E-state index in [1.807, 2.05) is 0 Å². The van der Waals surface area contributed by atoms with Crippen molar-refractivity contribution in [1.82, 2.24) is 9.80 Å². The minimum absolute atomic E-state index is 0.168. The summed E-state index contributed by atoms with van der Waals surface area (Å²) < 4.78 is 3.14. The molecule has 2 aromatic carbocycles. The van der Waals surface area contributed by atoms with Crippen molar-refractivity contribution in [2.24, 2.45) is 0 Å². The van der Waals surface area contributed by atoms with Crippen LogP contribution in [0.3, 0.4) is 0 Å². The number of nitrogens with zero attached hydrogens (tertiary/aromatic N) is 2. The number of hydrogen-bond acceptors (Lipinski definition) is 2. The van der Waals surface area contributed by atoms with Gasteiger partial charge in [0.05, 0.1) is 0 Å². The van der Waals surface area contributed by atoms with Crippen LogP contribution in [0, 0.1) is 0 Å². The molecule has 0 spiro atoms. The van der Waals surface area contributed by atoms with Crippen LogP contribution in [-0.2, 0) is 10.8 Å². The molecular formula is C24H36N2Se2. The Morgan fingerprint density at radius 1 is 0.607 bits per heavy atom. The number of likely N-dealkylation sites (N-methyl/N-ethyl adjacent to an activating group) is 2. The monoisotopic (exact) mass is 512 g/mol. The van der Waals surface area contributed by atoms with E-state index in [1.165, 1.54) is 11.1 Å². The first-order valence-electron chi connectivity index (χ1n) is 9.86. The standard InChI is InChI=1S/C24H36N2Se2/c1-23(2,17-25(5)6)19-13-9-11-15-21(19)27-28-22-16-12-10-14-20(22)24(3,4)18-26(7)8/h9-16H,17-18H2,1-8H3. The van der Waals surface area contributed by atoms with E-state index in [0.717, 1.165) is 13.1 Å². The molecule has 0 heterocycles. The van der Waals surface area contributed by atoms with Crippen LogP contribution >= 0.6 is 0 Å². The Balaban J connectivity index is 2.27. The van der Waals surface area contributed by atoms with E-state index < -0.39 is 0 Å². The Labute approximate surface area is 184 Å². The van der Waals surface area contributed by atoms with Crippen LogP contribution in [-0.4, -0.2) is 77.3 Å². The van der Waals surface area contributed by atoms with Crippen LogP contribution in [0.2, 0.25) is 0 Å². The number of hydrogen-bond donors (Lipinski definition) is 0. The van der Waals surface area contributed by atoms with Crippen molar-refractivity contribution in [2.45, 2.75) is 38.5 Å². The molecule has 2 nitrogen and oxygen atoms in total. The summed E-state index contributed by atoms with van der Waals surface area (Å²) in [5.41, 5.74) is 3.38. The molecule has 0 aromatic heterocycles. The second kappa shape index (κ2) is 9.94. The zero-order chi connectivity index (χ0) is 20.9. The Bertz CT molecular complexity index is 701. The fourth-order valence-corrected chi connectivity index (χ4v) is 11.9. The average Bonchev–Trinajstić information content (AvgIpc) is 2.58. The summed E-state index contributed by atoms with van der Waals surface area (Å²) in [6.07, 6.45) is 0. The minimum atomic E-state index is 0.168. The van der Waals surface area contributed by atoms with Crippen LogP contribution in [0.15, 0.2) is 48.5 Å². The maximum atomic E-state index is 2.38. The van der Waals surface area contributed by atoms with Gasteiger partial charge in [-0.3, -0.25) is 0 Å².